The van der Waals surface area contributed by atoms with E-state index >= 15 is 0 Å². The second kappa shape index (κ2) is 35.6. The molecule has 0 spiro atoms. The van der Waals surface area contributed by atoms with E-state index < -0.39 is 36.9 Å². The zero-order valence-corrected chi connectivity index (χ0v) is 67.7. The van der Waals surface area contributed by atoms with Crippen LogP contribution in [-0.2, 0) is 47.3 Å². The maximum Gasteiger partial charge on any atom is 0.488 e. The fourth-order valence-electron chi connectivity index (χ4n) is 11.0. The highest BCUT2D eigenvalue weighted by atomic mass is 79.9. The summed E-state index contributed by atoms with van der Waals surface area (Å²) < 4.78 is 59.1. The van der Waals surface area contributed by atoms with E-state index in [9.17, 15) is 22.8 Å². The Kier molecular flexibility index (Phi) is 26.6. The Morgan fingerprint density at radius 3 is 1.50 bits per heavy atom. The molecule has 0 saturated heterocycles. The van der Waals surface area contributed by atoms with Gasteiger partial charge >= 0.3 is 25.2 Å². The summed E-state index contributed by atoms with van der Waals surface area (Å²) in [4.78, 5) is 45.3. The van der Waals surface area contributed by atoms with Crippen molar-refractivity contribution in [1.82, 2.24) is 64.0 Å². The van der Waals surface area contributed by atoms with Gasteiger partial charge in [-0.2, -0.15) is 33.6 Å². The molecule has 23 nitrogen and oxygen atoms in total. The number of alkyl halides is 3. The molecule has 0 unspecified atom stereocenters. The average Bonchev–Trinajstić information content (AvgIpc) is 1.73. The monoisotopic (exact) mass is 1770 g/mol. The van der Waals surface area contributed by atoms with Gasteiger partial charge in [-0.05, 0) is 224 Å². The Balaban J connectivity index is 0.000000144. The molecule has 0 radical (unpaired) electrons. The number of hydrogen-bond donors (Lipinski definition) is 6. The van der Waals surface area contributed by atoms with E-state index in [1.165, 1.54) is 23.5 Å². The Bertz CT molecular complexity index is 5720. The summed E-state index contributed by atoms with van der Waals surface area (Å²) in [5.74, 6) is -2.45. The van der Waals surface area contributed by atoms with E-state index in [1.54, 1.807) is 70.7 Å². The van der Waals surface area contributed by atoms with Gasteiger partial charge in [0.1, 0.15) is 13.8 Å². The molecule has 560 valence electrons. The lowest BCUT2D eigenvalue weighted by molar-refractivity contribution is -0.167. The molecule has 0 fully saturated rings. The molecular formula is C76H70BBr4ClF3N17O6S. The number of hydrogen-bond acceptors (Lipinski definition) is 19. The molecule has 6 aromatic carbocycles. The number of aromatic nitrogens is 13. The van der Waals surface area contributed by atoms with E-state index in [0.717, 1.165) is 113 Å². The molecule has 1 amide bonds. The van der Waals surface area contributed by atoms with E-state index in [-0.39, 0.29) is 16.9 Å². The topological polar surface area (TPSA) is 319 Å². The first-order valence-electron chi connectivity index (χ1n) is 33.0. The summed E-state index contributed by atoms with van der Waals surface area (Å²) in [7, 11) is 6.13. The van der Waals surface area contributed by atoms with Crippen molar-refractivity contribution in [3.05, 3.63) is 223 Å². The zero-order chi connectivity index (χ0) is 78.8. The first-order valence-corrected chi connectivity index (χ1v) is 37.4. The van der Waals surface area contributed by atoms with Gasteiger partial charge in [-0.3, -0.25) is 28.5 Å². The number of nitrogen functional groups attached to an aromatic ring is 3. The first kappa shape index (κ1) is 81.5. The Morgan fingerprint density at radius 1 is 0.587 bits per heavy atom. The number of esters is 1. The highest BCUT2D eigenvalue weighted by Gasteiger charge is 2.39. The van der Waals surface area contributed by atoms with E-state index in [0.29, 0.717) is 37.8 Å². The van der Waals surface area contributed by atoms with Crippen molar-refractivity contribution >= 4 is 188 Å². The minimum Gasteiger partial charge on any atom is -0.464 e. The molecule has 9 aromatic heterocycles. The van der Waals surface area contributed by atoms with Gasteiger partial charge in [-0.15, -0.1) is 11.3 Å². The summed E-state index contributed by atoms with van der Waals surface area (Å²) in [5, 5.41) is 41.0. The van der Waals surface area contributed by atoms with Crippen LogP contribution in [0.25, 0.3) is 98.7 Å². The lowest BCUT2D eigenvalue weighted by atomic mass is 9.80. The van der Waals surface area contributed by atoms with Gasteiger partial charge in [0.2, 0.25) is 0 Å². The Morgan fingerprint density at radius 2 is 1.06 bits per heavy atom. The number of nitrogens with two attached hydrogens (primary N) is 3. The Hall–Kier alpha value is -10.0. The van der Waals surface area contributed by atoms with Crippen molar-refractivity contribution in [3.63, 3.8) is 0 Å². The third-order valence-electron chi connectivity index (χ3n) is 16.2. The third-order valence-corrected chi connectivity index (χ3v) is 19.7. The fraction of sp³-hybridized carbons (Fsp3) is 0.171. The van der Waals surface area contributed by atoms with E-state index in [1.807, 2.05) is 175 Å². The molecule has 0 aliphatic heterocycles. The van der Waals surface area contributed by atoms with Gasteiger partial charge in [0.15, 0.2) is 10.0 Å². The van der Waals surface area contributed by atoms with Crippen LogP contribution in [0.5, 0.6) is 0 Å². The minimum atomic E-state index is -4.95. The lowest BCUT2D eigenvalue weighted by Crippen LogP contribution is -2.30. The zero-order valence-electron chi connectivity index (χ0n) is 59.8. The molecule has 15 aromatic rings. The molecule has 9 heterocycles. The number of amides is 1. The standard InChI is InChI=1S/C22H23BrClNO3S.C15H10BrF3N4O.C13H11BrN4.C13H12N4.C8H9BN2O2.C5H5BrN2/c1-6-27-20(26)18(28-22(3,4)5)16-12(2)11-15-19(29-21(23)25-15)17(16)13-7-9-14(24)10-8-13;1-23-12-5-2-8(6-9(12)7-20-23)10-3-4-11(13(16)21-10)22-14(24)15(17,18)19;1-18-12-5-2-8(6-9(12)7-16-18)11-4-3-10(15)13(14)17-11;1-17-13-5-2-9(6-10(13)7-16-17)12-4-3-11(14)8-15-12;1-11-8-3-2-7(9(12)13)4-6(8)5-10-11;6-5-2-1-4(7)3-8-5/h7-11,18H,6H2,1-5H3;2-7H,1H3,(H,22,24);2-7H,15H2,1H3;2-8H,14H2,1H3;2-5,12-13H,1H3;1-3H,7H2/t18-;;;;;/m0...../s1. The molecule has 33 heteroatoms. The maximum atomic E-state index is 13.0. The van der Waals surface area contributed by atoms with Crippen molar-refractivity contribution in [2.45, 2.75) is 52.5 Å². The number of rotatable bonds is 10. The van der Waals surface area contributed by atoms with Crippen LogP contribution in [-0.4, -0.2) is 111 Å². The maximum absolute atomic E-state index is 13.0. The number of thiazole rings is 1. The largest absolute Gasteiger partial charge is 0.488 e. The molecule has 109 heavy (non-hydrogen) atoms. The predicted octanol–water partition coefficient (Wildman–Crippen LogP) is 16.9. The highest BCUT2D eigenvalue weighted by molar-refractivity contribution is 9.11. The Labute approximate surface area is 666 Å². The van der Waals surface area contributed by atoms with Crippen LogP contribution in [0.4, 0.5) is 35.9 Å². The summed E-state index contributed by atoms with van der Waals surface area (Å²) in [6.07, 6.45) is 4.58. The normalized spacial score (nSPS) is 11.5. The molecule has 15 rings (SSSR count). The van der Waals surface area contributed by atoms with Crippen LogP contribution in [0.2, 0.25) is 5.02 Å². The molecule has 0 saturated carbocycles. The number of halogens is 8. The summed E-state index contributed by atoms with van der Waals surface area (Å²) in [5.41, 5.74) is 32.5. The quantitative estimate of drug-likeness (QED) is 0.0421. The molecule has 0 aliphatic rings. The number of benzene rings is 6. The van der Waals surface area contributed by atoms with E-state index in [4.69, 9.17) is 48.3 Å². The molecule has 0 bridgehead atoms. The number of carbonyl (C=O) groups excluding carboxylic acids is 2. The van der Waals surface area contributed by atoms with Gasteiger partial charge in [-0.1, -0.05) is 54.1 Å². The smallest absolute Gasteiger partial charge is 0.464 e. The minimum absolute atomic E-state index is 0.0523. The van der Waals surface area contributed by atoms with Crippen LogP contribution < -0.4 is 28.0 Å². The number of anilines is 4. The number of aryl methyl sites for hydroxylation is 5. The van der Waals surface area contributed by atoms with Gasteiger partial charge in [0, 0.05) is 82.6 Å². The number of carbonyl (C=O) groups is 2. The van der Waals surface area contributed by atoms with E-state index in [2.05, 4.69) is 127 Å². The van der Waals surface area contributed by atoms with Crippen LogP contribution in [0.15, 0.2) is 207 Å². The number of nitrogens with zero attached hydrogens (tertiary/aromatic N) is 13. The molecule has 9 N–H and O–H groups in total. The molecule has 1 atom stereocenters. The van der Waals surface area contributed by atoms with Gasteiger partial charge in [0.05, 0.1) is 122 Å². The number of pyridine rings is 4. The second-order valence-corrected chi connectivity index (χ2v) is 30.2. The number of nitrogens with one attached hydrogen (secondary N) is 1. The van der Waals surface area contributed by atoms with Crippen molar-refractivity contribution in [1.29, 1.82) is 0 Å². The van der Waals surface area contributed by atoms with Crippen LogP contribution >= 0.6 is 86.7 Å². The van der Waals surface area contributed by atoms with Gasteiger partial charge in [0.25, 0.3) is 0 Å². The average molecular weight is 1770 g/mol. The SMILES string of the molecule is CCOC(=O)[C@@H](OC(C)(C)C)c1c(C)cc2nc(Br)sc2c1-c1ccc(Cl)cc1.Cn1ncc2cc(-c3ccc(N)c(Br)n3)ccc21.Cn1ncc2cc(-c3ccc(N)cn3)ccc21.Cn1ncc2cc(-c3ccc(NC(=O)C(F)(F)F)c(Br)n3)ccc21.Cn1ncc2cc(B(O)O)ccc21.Nc1ccc(Br)nc1. The number of ether oxygens (including phenoxy) is 2. The van der Waals surface area contributed by atoms with Gasteiger partial charge in [-0.25, -0.2) is 24.7 Å². The molecular weight excluding hydrogens is 1700 g/mol. The van der Waals surface area contributed by atoms with Crippen molar-refractivity contribution in [2.75, 3.05) is 29.1 Å². The highest BCUT2D eigenvalue weighted by Crippen LogP contribution is 2.44. The fourth-order valence-corrected chi connectivity index (χ4v) is 13.6. The molecule has 0 aliphatic carbocycles. The lowest BCUT2D eigenvalue weighted by Gasteiger charge is -2.29. The summed E-state index contributed by atoms with van der Waals surface area (Å²) in [6, 6.07) is 46.8. The van der Waals surface area contributed by atoms with Crippen molar-refractivity contribution in [3.8, 4) is 44.9 Å². The first-order chi connectivity index (χ1) is 51.7. The van der Waals surface area contributed by atoms with Crippen LogP contribution in [0.3, 0.4) is 0 Å². The third kappa shape index (κ3) is 20.9. The second-order valence-electron chi connectivity index (χ2n) is 25.2. The number of fused-ring (bicyclic) bond motifs is 5. The van der Waals surface area contributed by atoms with Crippen molar-refractivity contribution in [2.24, 2.45) is 28.2 Å². The predicted molar refractivity (Wildman–Crippen MR) is 440 cm³/mol. The van der Waals surface area contributed by atoms with Gasteiger partial charge < -0.3 is 42.0 Å². The summed E-state index contributed by atoms with van der Waals surface area (Å²) >= 11 is 20.7. The summed E-state index contributed by atoms with van der Waals surface area (Å²) in [6.45, 7) is 9.84. The van der Waals surface area contributed by atoms with Crippen molar-refractivity contribution < 1.29 is 42.3 Å². The van der Waals surface area contributed by atoms with Crippen LogP contribution in [0.1, 0.15) is 44.9 Å². The van der Waals surface area contributed by atoms with Crippen LogP contribution in [0, 0.1) is 6.92 Å².